The van der Waals surface area contributed by atoms with Gasteiger partial charge in [0.1, 0.15) is 6.17 Å². The first-order valence-electron chi connectivity index (χ1n) is 11.0. The Kier molecular flexibility index (Phi) is 6.62. The average Bonchev–Trinajstić information content (AvgIpc) is 3.17. The molecule has 0 aromatic heterocycles. The molecule has 0 amide bonds. The van der Waals surface area contributed by atoms with E-state index in [1.807, 2.05) is 0 Å². The largest absolute Gasteiger partial charge is 0.301 e. The molecule has 4 fully saturated rings. The molecule has 3 N–H and O–H groups in total. The zero-order valence-corrected chi connectivity index (χ0v) is 16.4. The number of piperazine rings is 1. The minimum Gasteiger partial charge on any atom is -0.301 e. The molecule has 4 unspecified atom stereocenters. The van der Waals surface area contributed by atoms with E-state index in [2.05, 4.69) is 32.0 Å². The third-order valence-corrected chi connectivity index (χ3v) is 7.24. The number of nitrogens with one attached hydrogen (secondary N) is 3. The number of piperidine rings is 1. The third-order valence-electron chi connectivity index (χ3n) is 7.24. The predicted molar refractivity (Wildman–Crippen MR) is 103 cm³/mol. The maximum absolute atomic E-state index is 13.5. The van der Waals surface area contributed by atoms with Gasteiger partial charge in [-0.05, 0) is 51.0 Å². The van der Waals surface area contributed by atoms with Crippen molar-refractivity contribution in [2.75, 3.05) is 45.8 Å². The quantitative estimate of drug-likeness (QED) is 0.680. The van der Waals surface area contributed by atoms with Crippen molar-refractivity contribution in [1.29, 1.82) is 5.26 Å². The van der Waals surface area contributed by atoms with Crippen molar-refractivity contribution in [3.05, 3.63) is 0 Å². The van der Waals surface area contributed by atoms with Crippen LogP contribution in [-0.2, 0) is 0 Å². The first-order valence-corrected chi connectivity index (χ1v) is 11.0. The monoisotopic (exact) mass is 378 g/mol. The number of alkyl halides is 1. The molecular formula is C20H35FN6. The number of nitriles is 1. The number of nitrogens with zero attached hydrogens (tertiary/aromatic N) is 3. The first-order chi connectivity index (χ1) is 13.2. The summed E-state index contributed by atoms with van der Waals surface area (Å²) in [6.07, 6.45) is 5.32. The molecule has 6 nitrogen and oxygen atoms in total. The van der Waals surface area contributed by atoms with Gasteiger partial charge in [-0.25, -0.2) is 4.39 Å². The Morgan fingerprint density at radius 1 is 1.04 bits per heavy atom. The van der Waals surface area contributed by atoms with E-state index in [0.29, 0.717) is 17.9 Å². The number of rotatable bonds is 4. The summed E-state index contributed by atoms with van der Waals surface area (Å²) in [6, 6.07) is 2.99. The zero-order chi connectivity index (χ0) is 18.6. The van der Waals surface area contributed by atoms with Gasteiger partial charge in [-0.3, -0.25) is 15.8 Å². The highest BCUT2D eigenvalue weighted by atomic mass is 19.1. The van der Waals surface area contributed by atoms with E-state index in [-0.39, 0.29) is 12.1 Å². The van der Waals surface area contributed by atoms with Crippen LogP contribution in [0.3, 0.4) is 0 Å². The van der Waals surface area contributed by atoms with Crippen LogP contribution in [0.1, 0.15) is 38.5 Å². The summed E-state index contributed by atoms with van der Waals surface area (Å²) >= 11 is 0. The van der Waals surface area contributed by atoms with Crippen molar-refractivity contribution in [3.63, 3.8) is 0 Å². The van der Waals surface area contributed by atoms with E-state index in [1.54, 1.807) is 0 Å². The number of halogens is 1. The van der Waals surface area contributed by atoms with Gasteiger partial charge >= 0.3 is 0 Å². The van der Waals surface area contributed by atoms with Crippen LogP contribution >= 0.6 is 0 Å². The SMILES string of the molecule is N#CC1CCCNC1N1CCN(CC2CNNC2C2CCC(F)CC2)CC1. The lowest BCUT2D eigenvalue weighted by atomic mass is 9.79. The molecule has 0 aromatic carbocycles. The van der Waals surface area contributed by atoms with Gasteiger partial charge in [-0.15, -0.1) is 0 Å². The minimum atomic E-state index is -0.576. The molecule has 4 atom stereocenters. The number of hydrazine groups is 1. The fourth-order valence-electron chi connectivity index (χ4n) is 5.62. The summed E-state index contributed by atoms with van der Waals surface area (Å²) in [5.74, 6) is 1.35. The van der Waals surface area contributed by atoms with E-state index in [1.165, 1.54) is 0 Å². The zero-order valence-electron chi connectivity index (χ0n) is 16.4. The lowest BCUT2D eigenvalue weighted by Crippen LogP contribution is -2.59. The second kappa shape index (κ2) is 9.15. The predicted octanol–water partition coefficient (Wildman–Crippen LogP) is 1.07. The van der Waals surface area contributed by atoms with Gasteiger partial charge in [0.2, 0.25) is 0 Å². The van der Waals surface area contributed by atoms with Gasteiger partial charge < -0.3 is 10.2 Å². The first kappa shape index (κ1) is 19.5. The van der Waals surface area contributed by atoms with Crippen molar-refractivity contribution in [3.8, 4) is 6.07 Å². The van der Waals surface area contributed by atoms with Crippen molar-refractivity contribution in [1.82, 2.24) is 26.0 Å². The molecule has 4 rings (SSSR count). The molecule has 152 valence electrons. The minimum absolute atomic E-state index is 0.128. The van der Waals surface area contributed by atoms with Gasteiger partial charge in [0.05, 0.1) is 18.2 Å². The van der Waals surface area contributed by atoms with E-state index >= 15 is 0 Å². The molecule has 1 saturated carbocycles. The summed E-state index contributed by atoms with van der Waals surface area (Å²) in [5, 5.41) is 13.0. The van der Waals surface area contributed by atoms with E-state index in [9.17, 15) is 9.65 Å². The van der Waals surface area contributed by atoms with Crippen LogP contribution in [0.5, 0.6) is 0 Å². The topological polar surface area (TPSA) is 66.4 Å². The smallest absolute Gasteiger partial charge is 0.100 e. The van der Waals surface area contributed by atoms with Crippen molar-refractivity contribution >= 4 is 0 Å². The summed E-state index contributed by atoms with van der Waals surface area (Å²) < 4.78 is 13.5. The van der Waals surface area contributed by atoms with Crippen LogP contribution < -0.4 is 16.2 Å². The second-order valence-corrected chi connectivity index (χ2v) is 8.94. The molecule has 0 spiro atoms. The Morgan fingerprint density at radius 3 is 2.56 bits per heavy atom. The van der Waals surface area contributed by atoms with Crippen molar-refractivity contribution < 1.29 is 4.39 Å². The highest BCUT2D eigenvalue weighted by molar-refractivity contribution is 4.96. The normalized spacial score (nSPS) is 42.1. The van der Waals surface area contributed by atoms with E-state index < -0.39 is 6.17 Å². The lowest BCUT2D eigenvalue weighted by molar-refractivity contribution is 0.0433. The lowest BCUT2D eigenvalue weighted by Gasteiger charge is -2.43. The molecule has 1 aliphatic carbocycles. The molecule has 3 saturated heterocycles. The Labute approximate surface area is 162 Å². The fourth-order valence-corrected chi connectivity index (χ4v) is 5.62. The van der Waals surface area contributed by atoms with Crippen LogP contribution in [-0.4, -0.2) is 74.0 Å². The van der Waals surface area contributed by atoms with Crippen molar-refractivity contribution in [2.24, 2.45) is 17.8 Å². The maximum Gasteiger partial charge on any atom is 0.100 e. The van der Waals surface area contributed by atoms with Gasteiger partial charge in [0, 0.05) is 51.2 Å². The highest BCUT2D eigenvalue weighted by Crippen LogP contribution is 2.32. The Bertz CT molecular complexity index is 509. The molecule has 0 bridgehead atoms. The highest BCUT2D eigenvalue weighted by Gasteiger charge is 2.38. The molecule has 0 aromatic rings. The van der Waals surface area contributed by atoms with Crippen LogP contribution in [0.4, 0.5) is 4.39 Å². The third kappa shape index (κ3) is 4.63. The molecule has 7 heteroatoms. The van der Waals surface area contributed by atoms with E-state index in [0.717, 1.165) is 84.3 Å². The van der Waals surface area contributed by atoms with Crippen LogP contribution in [0.2, 0.25) is 0 Å². The van der Waals surface area contributed by atoms with Crippen LogP contribution in [0, 0.1) is 29.1 Å². The Hall–Kier alpha value is -0.780. The van der Waals surface area contributed by atoms with Gasteiger partial charge in [-0.1, -0.05) is 0 Å². The summed E-state index contributed by atoms with van der Waals surface area (Å²) in [6.45, 7) is 7.41. The molecule has 3 heterocycles. The van der Waals surface area contributed by atoms with Crippen molar-refractivity contribution in [2.45, 2.75) is 56.9 Å². The Morgan fingerprint density at radius 2 is 1.81 bits per heavy atom. The molecule has 27 heavy (non-hydrogen) atoms. The number of hydrogen-bond acceptors (Lipinski definition) is 6. The van der Waals surface area contributed by atoms with Gasteiger partial charge in [-0.2, -0.15) is 5.26 Å². The van der Waals surface area contributed by atoms with E-state index in [4.69, 9.17) is 0 Å². The van der Waals surface area contributed by atoms with Gasteiger partial charge in [0.25, 0.3) is 0 Å². The maximum atomic E-state index is 13.5. The molecule has 3 aliphatic heterocycles. The standard InChI is InChI=1S/C20H35FN6/c21-18-5-3-15(4-6-18)19-17(13-24-25-19)14-26-8-10-27(11-9-26)20-16(12-22)2-1-7-23-20/h15-20,23-25H,1-11,13-14H2. The molecular weight excluding hydrogens is 343 g/mol. The number of hydrogen-bond donors (Lipinski definition) is 3. The summed E-state index contributed by atoms with van der Waals surface area (Å²) in [4.78, 5) is 5.07. The Balaban J connectivity index is 1.25. The van der Waals surface area contributed by atoms with Crippen LogP contribution in [0.25, 0.3) is 0 Å². The summed E-state index contributed by atoms with van der Waals surface area (Å²) in [5.41, 5.74) is 6.87. The molecule has 0 radical (unpaired) electrons. The molecule has 4 aliphatic rings. The van der Waals surface area contributed by atoms with Gasteiger partial charge in [0.15, 0.2) is 0 Å². The fraction of sp³-hybridized carbons (Fsp3) is 0.950. The van der Waals surface area contributed by atoms with Crippen LogP contribution in [0.15, 0.2) is 0 Å². The summed E-state index contributed by atoms with van der Waals surface area (Å²) in [7, 11) is 0. The second-order valence-electron chi connectivity index (χ2n) is 8.94. The average molecular weight is 379 g/mol.